The van der Waals surface area contributed by atoms with Crippen molar-refractivity contribution in [1.29, 1.82) is 0 Å². The Bertz CT molecular complexity index is 564. The minimum absolute atomic E-state index is 0.355. The Morgan fingerprint density at radius 2 is 2.21 bits per heavy atom. The van der Waals surface area contributed by atoms with Crippen LogP contribution in [0.3, 0.4) is 0 Å². The van der Waals surface area contributed by atoms with Gasteiger partial charge in [0.05, 0.1) is 0 Å². The molecule has 0 spiro atoms. The first kappa shape index (κ1) is 12.2. The Labute approximate surface area is 112 Å². The maximum atomic E-state index is 11.4. The third-order valence-corrected chi connectivity index (χ3v) is 4.00. The number of carbonyl (C=O) groups is 1. The lowest BCUT2D eigenvalue weighted by molar-refractivity contribution is 0.0697. The first-order chi connectivity index (χ1) is 9.15. The van der Waals surface area contributed by atoms with E-state index in [1.54, 1.807) is 0 Å². The molecule has 0 bridgehead atoms. The highest BCUT2D eigenvalue weighted by molar-refractivity contribution is 5.93. The monoisotopic (exact) mass is 258 g/mol. The molecule has 19 heavy (non-hydrogen) atoms. The molecule has 100 valence electrons. The van der Waals surface area contributed by atoms with Gasteiger partial charge in [0.15, 0.2) is 0 Å². The number of pyridine rings is 1. The zero-order chi connectivity index (χ0) is 13.4. The summed E-state index contributed by atoms with van der Waals surface area (Å²) >= 11 is 0. The van der Waals surface area contributed by atoms with Crippen LogP contribution in [0.2, 0.25) is 0 Å². The third-order valence-electron chi connectivity index (χ3n) is 4.00. The normalized spacial score (nSPS) is 18.2. The fraction of sp³-hybridized carbons (Fsp3) is 0.467. The molecule has 4 nitrogen and oxygen atoms in total. The van der Waals surface area contributed by atoms with Gasteiger partial charge in [0, 0.05) is 18.8 Å². The van der Waals surface area contributed by atoms with Crippen LogP contribution in [-0.4, -0.2) is 29.1 Å². The van der Waals surface area contributed by atoms with Crippen molar-refractivity contribution in [2.75, 3.05) is 18.0 Å². The molecule has 0 saturated carbocycles. The van der Waals surface area contributed by atoms with Crippen molar-refractivity contribution in [3.63, 3.8) is 0 Å². The van der Waals surface area contributed by atoms with Crippen molar-refractivity contribution < 1.29 is 9.90 Å². The van der Waals surface area contributed by atoms with E-state index in [0.29, 0.717) is 11.4 Å². The van der Waals surface area contributed by atoms with Crippen LogP contribution in [0.5, 0.6) is 0 Å². The summed E-state index contributed by atoms with van der Waals surface area (Å²) in [6.07, 6.45) is 6.17. The third kappa shape index (κ3) is 2.23. The summed E-state index contributed by atoms with van der Waals surface area (Å²) in [7, 11) is 0. The second-order valence-electron chi connectivity index (χ2n) is 5.37. The van der Waals surface area contributed by atoms with Crippen LogP contribution in [0, 0.1) is 0 Å². The lowest BCUT2D eigenvalue weighted by Crippen LogP contribution is -2.31. The molecule has 0 saturated heterocycles. The van der Waals surface area contributed by atoms with Gasteiger partial charge < -0.3 is 10.0 Å². The van der Waals surface area contributed by atoms with Crippen molar-refractivity contribution in [2.45, 2.75) is 32.6 Å². The Morgan fingerprint density at radius 3 is 2.89 bits per heavy atom. The van der Waals surface area contributed by atoms with Crippen molar-refractivity contribution in [3.8, 4) is 0 Å². The van der Waals surface area contributed by atoms with E-state index in [1.807, 2.05) is 6.07 Å². The van der Waals surface area contributed by atoms with Gasteiger partial charge in [0.2, 0.25) is 0 Å². The number of carboxylic acids is 1. The van der Waals surface area contributed by atoms with Crippen molar-refractivity contribution >= 4 is 11.8 Å². The molecule has 2 heterocycles. The Kier molecular flexibility index (Phi) is 3.01. The van der Waals surface area contributed by atoms with Gasteiger partial charge in [-0.15, -0.1) is 0 Å². The van der Waals surface area contributed by atoms with Crippen molar-refractivity contribution in [1.82, 2.24) is 4.98 Å². The Hall–Kier alpha value is -1.84. The standard InChI is InChI=1S/C15H18N2O2/c1-10-5-7-17(8-6-10)14-12(15(18)19)9-11-3-2-4-13(11)16-14/h5,9H,2-4,6-8H2,1H3,(H,18,19). The van der Waals surface area contributed by atoms with Crippen LogP contribution in [0.25, 0.3) is 0 Å². The molecule has 0 atom stereocenters. The largest absolute Gasteiger partial charge is 0.478 e. The van der Waals surface area contributed by atoms with E-state index in [4.69, 9.17) is 0 Å². The van der Waals surface area contributed by atoms with E-state index < -0.39 is 5.97 Å². The molecule has 0 amide bonds. The van der Waals surface area contributed by atoms with Gasteiger partial charge in [0.25, 0.3) is 0 Å². The zero-order valence-corrected chi connectivity index (χ0v) is 11.1. The highest BCUT2D eigenvalue weighted by Gasteiger charge is 2.23. The Balaban J connectivity index is 2.02. The van der Waals surface area contributed by atoms with E-state index in [1.165, 1.54) is 5.57 Å². The van der Waals surface area contributed by atoms with Crippen LogP contribution in [0.4, 0.5) is 5.82 Å². The van der Waals surface area contributed by atoms with Crippen LogP contribution >= 0.6 is 0 Å². The van der Waals surface area contributed by atoms with Crippen LogP contribution in [-0.2, 0) is 12.8 Å². The molecule has 1 N–H and O–H groups in total. The Morgan fingerprint density at radius 1 is 1.37 bits per heavy atom. The second kappa shape index (κ2) is 4.68. The van der Waals surface area contributed by atoms with Crippen molar-refractivity contribution in [2.24, 2.45) is 0 Å². The van der Waals surface area contributed by atoms with Gasteiger partial charge in [-0.2, -0.15) is 0 Å². The molecular weight excluding hydrogens is 240 g/mol. The number of aromatic nitrogens is 1. The smallest absolute Gasteiger partial charge is 0.339 e. The fourth-order valence-electron chi connectivity index (χ4n) is 2.82. The van der Waals surface area contributed by atoms with E-state index in [0.717, 1.165) is 50.0 Å². The maximum absolute atomic E-state index is 11.4. The van der Waals surface area contributed by atoms with Gasteiger partial charge >= 0.3 is 5.97 Å². The summed E-state index contributed by atoms with van der Waals surface area (Å²) in [6, 6.07) is 1.83. The average molecular weight is 258 g/mol. The van der Waals surface area contributed by atoms with Crippen LogP contribution in [0.1, 0.15) is 41.4 Å². The number of aryl methyl sites for hydroxylation is 2. The first-order valence-electron chi connectivity index (χ1n) is 6.82. The predicted molar refractivity (Wildman–Crippen MR) is 73.8 cm³/mol. The maximum Gasteiger partial charge on any atom is 0.339 e. The number of rotatable bonds is 2. The van der Waals surface area contributed by atoms with Gasteiger partial charge in [-0.25, -0.2) is 9.78 Å². The quantitative estimate of drug-likeness (QED) is 0.828. The van der Waals surface area contributed by atoms with Crippen LogP contribution in [0.15, 0.2) is 17.7 Å². The summed E-state index contributed by atoms with van der Waals surface area (Å²) in [6.45, 7) is 3.73. The highest BCUT2D eigenvalue weighted by Crippen LogP contribution is 2.28. The number of hydrogen-bond donors (Lipinski definition) is 1. The molecule has 4 heteroatoms. The van der Waals surface area contributed by atoms with Gasteiger partial charge in [-0.05, 0) is 44.2 Å². The topological polar surface area (TPSA) is 53.4 Å². The number of hydrogen-bond acceptors (Lipinski definition) is 3. The molecule has 0 aromatic carbocycles. The van der Waals surface area contributed by atoms with E-state index in [2.05, 4.69) is 22.9 Å². The molecule has 1 aliphatic carbocycles. The summed E-state index contributed by atoms with van der Waals surface area (Å²) in [5, 5.41) is 9.40. The van der Waals surface area contributed by atoms with E-state index in [9.17, 15) is 9.90 Å². The number of aromatic carboxylic acids is 1. The van der Waals surface area contributed by atoms with Gasteiger partial charge in [-0.3, -0.25) is 0 Å². The lowest BCUT2D eigenvalue weighted by atomic mass is 10.1. The van der Waals surface area contributed by atoms with Crippen molar-refractivity contribution in [3.05, 3.63) is 34.5 Å². The first-order valence-corrected chi connectivity index (χ1v) is 6.82. The minimum atomic E-state index is -0.872. The molecular formula is C15H18N2O2. The zero-order valence-electron chi connectivity index (χ0n) is 11.1. The summed E-state index contributed by atoms with van der Waals surface area (Å²) < 4.78 is 0. The summed E-state index contributed by atoms with van der Waals surface area (Å²) in [5.41, 5.74) is 3.93. The number of nitrogens with zero attached hydrogens (tertiary/aromatic N) is 2. The van der Waals surface area contributed by atoms with E-state index in [-0.39, 0.29) is 0 Å². The lowest BCUT2D eigenvalue weighted by Gasteiger charge is -2.28. The number of anilines is 1. The molecule has 0 unspecified atom stereocenters. The molecule has 1 aromatic heterocycles. The minimum Gasteiger partial charge on any atom is -0.478 e. The second-order valence-corrected chi connectivity index (χ2v) is 5.37. The molecule has 1 aromatic rings. The van der Waals surface area contributed by atoms with Gasteiger partial charge in [-0.1, -0.05) is 11.6 Å². The summed E-state index contributed by atoms with van der Waals surface area (Å²) in [5.74, 6) is -0.222. The molecule has 3 rings (SSSR count). The molecule has 0 fully saturated rings. The SMILES string of the molecule is CC1=CCN(c2nc3c(cc2C(=O)O)CCC3)CC1. The predicted octanol–water partition coefficient (Wildman–Crippen LogP) is 2.42. The molecule has 0 radical (unpaired) electrons. The number of carboxylic acid groups (broad SMARTS) is 1. The molecule has 2 aliphatic rings. The molecule has 1 aliphatic heterocycles. The number of fused-ring (bicyclic) bond motifs is 1. The fourth-order valence-corrected chi connectivity index (χ4v) is 2.82. The average Bonchev–Trinajstić information content (AvgIpc) is 2.85. The van der Waals surface area contributed by atoms with Crippen LogP contribution < -0.4 is 4.90 Å². The highest BCUT2D eigenvalue weighted by atomic mass is 16.4. The van der Waals surface area contributed by atoms with E-state index >= 15 is 0 Å². The van der Waals surface area contributed by atoms with Gasteiger partial charge in [0.1, 0.15) is 11.4 Å². The summed E-state index contributed by atoms with van der Waals surface area (Å²) in [4.78, 5) is 18.2.